The van der Waals surface area contributed by atoms with Gasteiger partial charge >= 0.3 is 6.09 Å². The molecule has 102 valence electrons. The molecule has 0 saturated carbocycles. The Morgan fingerprint density at radius 3 is 2.53 bits per heavy atom. The lowest BCUT2D eigenvalue weighted by atomic mass is 10.1. The third-order valence-electron chi connectivity index (χ3n) is 2.06. The minimum absolute atomic E-state index is 0.149. The van der Waals surface area contributed by atoms with Crippen molar-refractivity contribution in [3.8, 4) is 0 Å². The summed E-state index contributed by atoms with van der Waals surface area (Å²) in [5, 5.41) is 2.43. The van der Waals surface area contributed by atoms with Gasteiger partial charge in [-0.2, -0.15) is 0 Å². The lowest BCUT2D eigenvalue weighted by Crippen LogP contribution is -2.27. The first-order valence-electron chi connectivity index (χ1n) is 5.69. The number of hydrogen-bond acceptors (Lipinski definition) is 3. The van der Waals surface area contributed by atoms with Crippen LogP contribution in [0.3, 0.4) is 0 Å². The summed E-state index contributed by atoms with van der Waals surface area (Å²) in [6.45, 7) is 8.47. The molecule has 0 aliphatic carbocycles. The molecule has 0 atom stereocenters. The van der Waals surface area contributed by atoms with Gasteiger partial charge in [0.1, 0.15) is 11.4 Å². The summed E-state index contributed by atoms with van der Waals surface area (Å²) in [6, 6.07) is 3.69. The van der Waals surface area contributed by atoms with Crippen LogP contribution < -0.4 is 5.32 Å². The fourth-order valence-corrected chi connectivity index (χ4v) is 1.32. The van der Waals surface area contributed by atoms with E-state index in [1.807, 2.05) is 0 Å². The molecule has 1 rings (SSSR count). The van der Waals surface area contributed by atoms with Crippen molar-refractivity contribution in [3.05, 3.63) is 42.2 Å². The molecule has 1 N–H and O–H groups in total. The van der Waals surface area contributed by atoms with E-state index in [1.54, 1.807) is 20.8 Å². The zero-order chi connectivity index (χ0) is 14.6. The van der Waals surface area contributed by atoms with Crippen molar-refractivity contribution in [2.45, 2.75) is 26.4 Å². The number of ketones is 1. The predicted molar refractivity (Wildman–Crippen MR) is 70.8 cm³/mol. The van der Waals surface area contributed by atoms with Crippen LogP contribution in [0.5, 0.6) is 0 Å². The second kappa shape index (κ2) is 5.65. The number of halogens is 1. The van der Waals surface area contributed by atoms with Crippen molar-refractivity contribution in [1.29, 1.82) is 0 Å². The van der Waals surface area contributed by atoms with Crippen LogP contribution in [0.2, 0.25) is 0 Å². The number of amides is 1. The van der Waals surface area contributed by atoms with Crippen LogP contribution in [0.25, 0.3) is 0 Å². The number of allylic oxidation sites excluding steroid dienone is 1. The first kappa shape index (κ1) is 14.9. The second-order valence-electron chi connectivity index (χ2n) is 4.89. The fraction of sp³-hybridized carbons (Fsp3) is 0.286. The summed E-state index contributed by atoms with van der Waals surface area (Å²) >= 11 is 0. The lowest BCUT2D eigenvalue weighted by Gasteiger charge is -2.19. The van der Waals surface area contributed by atoms with Crippen LogP contribution in [-0.4, -0.2) is 17.5 Å². The highest BCUT2D eigenvalue weighted by atomic mass is 19.1. The average Bonchev–Trinajstić information content (AvgIpc) is 2.28. The van der Waals surface area contributed by atoms with Crippen LogP contribution in [0.1, 0.15) is 31.1 Å². The van der Waals surface area contributed by atoms with Crippen LogP contribution in [0, 0.1) is 5.82 Å². The fourth-order valence-electron chi connectivity index (χ4n) is 1.32. The van der Waals surface area contributed by atoms with E-state index in [0.29, 0.717) is 0 Å². The summed E-state index contributed by atoms with van der Waals surface area (Å²) < 4.78 is 18.5. The van der Waals surface area contributed by atoms with Crippen molar-refractivity contribution < 1.29 is 18.7 Å². The number of rotatable bonds is 3. The molecule has 0 bridgehead atoms. The van der Waals surface area contributed by atoms with Crippen LogP contribution >= 0.6 is 0 Å². The standard InChI is InChI=1S/C14H16FNO3/c1-5-12(17)10-8-9(6-7-11(10)15)16-13(18)19-14(2,3)4/h5-8H,1H2,2-4H3,(H,16,18). The normalized spacial score (nSPS) is 10.7. The van der Waals surface area contributed by atoms with Gasteiger partial charge in [-0.15, -0.1) is 0 Å². The Balaban J connectivity index is 2.89. The van der Waals surface area contributed by atoms with Gasteiger partial charge in [-0.3, -0.25) is 10.1 Å². The Kier molecular flexibility index (Phi) is 4.43. The number of hydrogen-bond donors (Lipinski definition) is 1. The third-order valence-corrected chi connectivity index (χ3v) is 2.06. The molecule has 0 fully saturated rings. The van der Waals surface area contributed by atoms with Gasteiger partial charge in [0, 0.05) is 5.69 Å². The van der Waals surface area contributed by atoms with E-state index in [2.05, 4.69) is 11.9 Å². The molecular formula is C14H16FNO3. The second-order valence-corrected chi connectivity index (χ2v) is 4.89. The van der Waals surface area contributed by atoms with Crippen molar-refractivity contribution in [2.75, 3.05) is 5.32 Å². The molecule has 0 aliphatic rings. The van der Waals surface area contributed by atoms with Crippen molar-refractivity contribution in [2.24, 2.45) is 0 Å². The Labute approximate surface area is 111 Å². The maximum absolute atomic E-state index is 13.4. The van der Waals surface area contributed by atoms with Crippen LogP contribution in [0.15, 0.2) is 30.9 Å². The minimum Gasteiger partial charge on any atom is -0.444 e. The Bertz CT molecular complexity index is 518. The van der Waals surface area contributed by atoms with Crippen molar-refractivity contribution >= 4 is 17.6 Å². The van der Waals surface area contributed by atoms with Gasteiger partial charge in [-0.1, -0.05) is 6.58 Å². The van der Waals surface area contributed by atoms with Gasteiger partial charge in [0.15, 0.2) is 5.78 Å². The third kappa shape index (κ3) is 4.54. The summed E-state index contributed by atoms with van der Waals surface area (Å²) in [4.78, 5) is 22.9. The molecule has 0 aliphatic heterocycles. The van der Waals surface area contributed by atoms with E-state index >= 15 is 0 Å². The zero-order valence-electron chi connectivity index (χ0n) is 11.1. The van der Waals surface area contributed by atoms with E-state index in [9.17, 15) is 14.0 Å². The Morgan fingerprint density at radius 1 is 1.37 bits per heavy atom. The molecule has 4 nitrogen and oxygen atoms in total. The van der Waals surface area contributed by atoms with Crippen molar-refractivity contribution in [3.63, 3.8) is 0 Å². The maximum atomic E-state index is 13.4. The molecule has 19 heavy (non-hydrogen) atoms. The lowest BCUT2D eigenvalue weighted by molar-refractivity contribution is 0.0635. The molecular weight excluding hydrogens is 249 g/mol. The van der Waals surface area contributed by atoms with Gasteiger partial charge in [0.2, 0.25) is 0 Å². The molecule has 5 heteroatoms. The number of benzene rings is 1. The van der Waals surface area contributed by atoms with E-state index in [4.69, 9.17) is 4.74 Å². The minimum atomic E-state index is -0.670. The Morgan fingerprint density at radius 2 is 2.00 bits per heavy atom. The zero-order valence-corrected chi connectivity index (χ0v) is 11.1. The number of ether oxygens (including phenoxy) is 1. The quantitative estimate of drug-likeness (QED) is 0.671. The monoisotopic (exact) mass is 265 g/mol. The summed E-state index contributed by atoms with van der Waals surface area (Å²) in [5.74, 6) is -1.22. The molecule has 0 spiro atoms. The highest BCUT2D eigenvalue weighted by Gasteiger charge is 2.17. The van der Waals surface area contributed by atoms with E-state index in [0.717, 1.165) is 12.1 Å². The van der Waals surface area contributed by atoms with Crippen LogP contribution in [0.4, 0.5) is 14.9 Å². The first-order valence-corrected chi connectivity index (χ1v) is 5.69. The van der Waals surface area contributed by atoms with E-state index in [1.165, 1.54) is 12.1 Å². The summed E-state index contributed by atoms with van der Waals surface area (Å²) in [5.41, 5.74) is -0.506. The van der Waals surface area contributed by atoms with E-state index < -0.39 is 23.3 Å². The van der Waals surface area contributed by atoms with E-state index in [-0.39, 0.29) is 11.3 Å². The molecule has 1 aromatic rings. The predicted octanol–water partition coefficient (Wildman–Crippen LogP) is 3.54. The summed E-state index contributed by atoms with van der Waals surface area (Å²) in [6.07, 6.45) is 0.339. The largest absolute Gasteiger partial charge is 0.444 e. The smallest absolute Gasteiger partial charge is 0.412 e. The maximum Gasteiger partial charge on any atom is 0.412 e. The number of nitrogens with one attached hydrogen (secondary N) is 1. The first-order chi connectivity index (χ1) is 8.73. The Hall–Kier alpha value is -2.17. The molecule has 1 amide bonds. The molecule has 0 saturated heterocycles. The van der Waals surface area contributed by atoms with Crippen LogP contribution in [-0.2, 0) is 4.74 Å². The van der Waals surface area contributed by atoms with Gasteiger partial charge < -0.3 is 4.74 Å². The highest BCUT2D eigenvalue weighted by molar-refractivity contribution is 6.05. The topological polar surface area (TPSA) is 55.4 Å². The number of carbonyl (C=O) groups excluding carboxylic acids is 2. The molecule has 0 aromatic heterocycles. The molecule has 1 aromatic carbocycles. The summed E-state index contributed by atoms with van der Waals surface area (Å²) in [7, 11) is 0. The number of anilines is 1. The SMILES string of the molecule is C=CC(=O)c1cc(NC(=O)OC(C)(C)C)ccc1F. The van der Waals surface area contributed by atoms with Gasteiger partial charge in [0.25, 0.3) is 0 Å². The highest BCUT2D eigenvalue weighted by Crippen LogP contribution is 2.17. The average molecular weight is 265 g/mol. The van der Waals surface area contributed by atoms with Gasteiger partial charge in [-0.25, -0.2) is 9.18 Å². The number of carbonyl (C=O) groups is 2. The molecule has 0 heterocycles. The van der Waals surface area contributed by atoms with Gasteiger partial charge in [-0.05, 0) is 45.0 Å². The van der Waals surface area contributed by atoms with Gasteiger partial charge in [0.05, 0.1) is 5.56 Å². The van der Waals surface area contributed by atoms with Crippen molar-refractivity contribution in [1.82, 2.24) is 0 Å². The molecule has 0 radical (unpaired) electrons. The molecule has 0 unspecified atom stereocenters.